The molecule has 0 amide bonds. The van der Waals surface area contributed by atoms with E-state index in [2.05, 4.69) is 10.3 Å². The van der Waals surface area contributed by atoms with Gasteiger partial charge in [0.15, 0.2) is 0 Å². The van der Waals surface area contributed by atoms with E-state index in [-0.39, 0.29) is 6.04 Å². The molecule has 4 heteroatoms. The molecule has 1 aliphatic rings. The van der Waals surface area contributed by atoms with Crippen LogP contribution in [0.5, 0.6) is 0 Å². The van der Waals surface area contributed by atoms with Gasteiger partial charge in [0.25, 0.3) is 0 Å². The Morgan fingerprint density at radius 1 is 1.53 bits per heavy atom. The lowest BCUT2D eigenvalue weighted by Crippen LogP contribution is -2.28. The van der Waals surface area contributed by atoms with Gasteiger partial charge in [0.05, 0.1) is 5.56 Å². The summed E-state index contributed by atoms with van der Waals surface area (Å²) in [7, 11) is 0. The smallest absolute Gasteiger partial charge is 0.337 e. The van der Waals surface area contributed by atoms with E-state index in [1.807, 2.05) is 0 Å². The number of hydrogen-bond acceptors (Lipinski definition) is 3. The fourth-order valence-electron chi connectivity index (χ4n) is 2.01. The van der Waals surface area contributed by atoms with Crippen LogP contribution in [-0.4, -0.2) is 22.6 Å². The number of piperidine rings is 1. The third kappa shape index (κ3) is 2.15. The first kappa shape index (κ1) is 10.1. The summed E-state index contributed by atoms with van der Waals surface area (Å²) in [4.78, 5) is 14.8. The van der Waals surface area contributed by atoms with Crippen LogP contribution in [-0.2, 0) is 0 Å². The highest BCUT2D eigenvalue weighted by Crippen LogP contribution is 2.25. The number of aromatic nitrogens is 1. The normalized spacial score (nSPS) is 21.2. The zero-order chi connectivity index (χ0) is 10.7. The Morgan fingerprint density at radius 3 is 3.07 bits per heavy atom. The first-order valence-electron chi connectivity index (χ1n) is 5.19. The second-order valence-electron chi connectivity index (χ2n) is 3.77. The molecule has 1 saturated heterocycles. The molecule has 0 aliphatic carbocycles. The van der Waals surface area contributed by atoms with Crippen molar-refractivity contribution in [2.75, 3.05) is 6.54 Å². The Balaban J connectivity index is 2.29. The Bertz CT molecular complexity index is 359. The fourth-order valence-corrected chi connectivity index (χ4v) is 2.01. The van der Waals surface area contributed by atoms with Crippen molar-refractivity contribution in [3.8, 4) is 0 Å². The molecule has 1 aromatic heterocycles. The average Bonchev–Trinajstić information content (AvgIpc) is 2.30. The number of rotatable bonds is 2. The molecule has 0 bridgehead atoms. The van der Waals surface area contributed by atoms with Gasteiger partial charge in [-0.15, -0.1) is 0 Å². The van der Waals surface area contributed by atoms with Crippen LogP contribution in [0.25, 0.3) is 0 Å². The molecule has 1 atom stereocenters. The molecule has 80 valence electrons. The number of carbonyl (C=O) groups is 1. The van der Waals surface area contributed by atoms with E-state index in [0.717, 1.165) is 24.9 Å². The lowest BCUT2D eigenvalue weighted by molar-refractivity contribution is 0.0694. The van der Waals surface area contributed by atoms with Gasteiger partial charge in [0.1, 0.15) is 0 Å². The molecule has 15 heavy (non-hydrogen) atoms. The molecule has 1 aliphatic heterocycles. The molecule has 0 spiro atoms. The van der Waals surface area contributed by atoms with Crippen molar-refractivity contribution in [3.05, 3.63) is 29.6 Å². The van der Waals surface area contributed by atoms with Crippen molar-refractivity contribution >= 4 is 5.97 Å². The van der Waals surface area contributed by atoms with Gasteiger partial charge in [0.2, 0.25) is 0 Å². The summed E-state index contributed by atoms with van der Waals surface area (Å²) in [6.07, 6.45) is 6.40. The molecular weight excluding hydrogens is 192 g/mol. The number of nitrogens with one attached hydrogen (secondary N) is 1. The molecule has 1 fully saturated rings. The summed E-state index contributed by atoms with van der Waals surface area (Å²) < 4.78 is 0. The van der Waals surface area contributed by atoms with Crippen LogP contribution in [0.4, 0.5) is 0 Å². The monoisotopic (exact) mass is 206 g/mol. The standard InChI is InChI=1S/C11H14N2O2/c14-11(15)9-7-12-6-4-8(9)10-3-1-2-5-13-10/h4,6-7,10,13H,1-3,5H2,(H,14,15). The van der Waals surface area contributed by atoms with Crippen LogP contribution < -0.4 is 5.32 Å². The Labute approximate surface area is 88.3 Å². The van der Waals surface area contributed by atoms with Crippen LogP contribution in [0.3, 0.4) is 0 Å². The molecule has 2 heterocycles. The Morgan fingerprint density at radius 2 is 2.40 bits per heavy atom. The van der Waals surface area contributed by atoms with Crippen LogP contribution in [0, 0.1) is 0 Å². The SMILES string of the molecule is O=C(O)c1cnccc1C1CCCCN1. The van der Waals surface area contributed by atoms with Crippen molar-refractivity contribution in [2.45, 2.75) is 25.3 Å². The van der Waals surface area contributed by atoms with Crippen LogP contribution in [0.1, 0.15) is 41.2 Å². The maximum Gasteiger partial charge on any atom is 0.337 e. The number of hydrogen-bond donors (Lipinski definition) is 2. The summed E-state index contributed by atoms with van der Waals surface area (Å²) in [5.41, 5.74) is 1.18. The van der Waals surface area contributed by atoms with Crippen molar-refractivity contribution in [2.24, 2.45) is 0 Å². The number of pyridine rings is 1. The van der Waals surface area contributed by atoms with Gasteiger partial charge in [-0.1, -0.05) is 6.42 Å². The maximum atomic E-state index is 11.0. The lowest BCUT2D eigenvalue weighted by atomic mass is 9.95. The van der Waals surface area contributed by atoms with Crippen LogP contribution in [0.15, 0.2) is 18.5 Å². The fraction of sp³-hybridized carbons (Fsp3) is 0.455. The van der Waals surface area contributed by atoms with Crippen molar-refractivity contribution < 1.29 is 9.90 Å². The number of carboxylic acids is 1. The zero-order valence-corrected chi connectivity index (χ0v) is 8.44. The van der Waals surface area contributed by atoms with E-state index in [1.54, 1.807) is 12.3 Å². The minimum atomic E-state index is -0.898. The summed E-state index contributed by atoms with van der Waals surface area (Å²) in [6, 6.07) is 1.97. The summed E-state index contributed by atoms with van der Waals surface area (Å²) in [5.74, 6) is -0.898. The van der Waals surface area contributed by atoms with Gasteiger partial charge >= 0.3 is 5.97 Å². The lowest BCUT2D eigenvalue weighted by Gasteiger charge is -2.24. The van der Waals surface area contributed by atoms with Gasteiger partial charge in [-0.2, -0.15) is 0 Å². The third-order valence-corrected chi connectivity index (χ3v) is 2.77. The molecule has 2 rings (SSSR count). The van der Waals surface area contributed by atoms with E-state index < -0.39 is 5.97 Å². The van der Waals surface area contributed by atoms with E-state index in [4.69, 9.17) is 5.11 Å². The molecular formula is C11H14N2O2. The van der Waals surface area contributed by atoms with Gasteiger partial charge in [-0.05, 0) is 31.0 Å². The van der Waals surface area contributed by atoms with Crippen molar-refractivity contribution in [1.82, 2.24) is 10.3 Å². The average molecular weight is 206 g/mol. The van der Waals surface area contributed by atoms with Crippen molar-refractivity contribution in [3.63, 3.8) is 0 Å². The number of nitrogens with zero attached hydrogens (tertiary/aromatic N) is 1. The van der Waals surface area contributed by atoms with Crippen molar-refractivity contribution in [1.29, 1.82) is 0 Å². The molecule has 1 aromatic rings. The van der Waals surface area contributed by atoms with Crippen LogP contribution in [0.2, 0.25) is 0 Å². The quantitative estimate of drug-likeness (QED) is 0.771. The summed E-state index contributed by atoms with van der Waals surface area (Å²) >= 11 is 0. The molecule has 4 nitrogen and oxygen atoms in total. The molecule has 2 N–H and O–H groups in total. The van der Waals surface area contributed by atoms with Gasteiger partial charge in [-0.25, -0.2) is 4.79 Å². The second-order valence-corrected chi connectivity index (χ2v) is 3.77. The van der Waals surface area contributed by atoms with E-state index in [9.17, 15) is 4.79 Å². The van der Waals surface area contributed by atoms with Gasteiger partial charge in [0, 0.05) is 18.4 Å². The molecule has 0 saturated carbocycles. The summed E-state index contributed by atoms with van der Waals surface area (Å²) in [6.45, 7) is 0.964. The largest absolute Gasteiger partial charge is 0.478 e. The predicted octanol–water partition coefficient (Wildman–Crippen LogP) is 1.59. The topological polar surface area (TPSA) is 62.2 Å². The zero-order valence-electron chi connectivity index (χ0n) is 8.44. The van der Waals surface area contributed by atoms with Gasteiger partial charge < -0.3 is 10.4 Å². The highest BCUT2D eigenvalue weighted by atomic mass is 16.4. The highest BCUT2D eigenvalue weighted by molar-refractivity contribution is 5.89. The second kappa shape index (κ2) is 4.40. The predicted molar refractivity (Wildman–Crippen MR) is 55.8 cm³/mol. The third-order valence-electron chi connectivity index (χ3n) is 2.77. The number of carboxylic acid groups (broad SMARTS) is 1. The molecule has 0 aromatic carbocycles. The maximum absolute atomic E-state index is 11.0. The molecule has 0 radical (unpaired) electrons. The van der Waals surface area contributed by atoms with Gasteiger partial charge in [-0.3, -0.25) is 4.98 Å². The number of aromatic carboxylic acids is 1. The Kier molecular flexibility index (Phi) is 2.97. The van der Waals surface area contributed by atoms with E-state index >= 15 is 0 Å². The van der Waals surface area contributed by atoms with Crippen LogP contribution >= 0.6 is 0 Å². The first-order valence-corrected chi connectivity index (χ1v) is 5.19. The Hall–Kier alpha value is -1.42. The minimum absolute atomic E-state index is 0.174. The highest BCUT2D eigenvalue weighted by Gasteiger charge is 2.20. The minimum Gasteiger partial charge on any atom is -0.478 e. The van der Waals surface area contributed by atoms with E-state index in [0.29, 0.717) is 5.56 Å². The molecule has 1 unspecified atom stereocenters. The summed E-state index contributed by atoms with van der Waals surface area (Å²) in [5, 5.41) is 12.4. The first-order chi connectivity index (χ1) is 7.29. The van der Waals surface area contributed by atoms with E-state index in [1.165, 1.54) is 12.6 Å².